The molecule has 2 heterocycles. The Morgan fingerprint density at radius 1 is 1.17 bits per heavy atom. The molecule has 9 nitrogen and oxygen atoms in total. The second-order valence-corrected chi connectivity index (χ2v) is 10.7. The first-order valence-corrected chi connectivity index (χ1v) is 13.3. The van der Waals surface area contributed by atoms with Crippen LogP contribution in [0, 0.1) is 10.1 Å². The number of methoxy groups -OCH3 is 2. The quantitative estimate of drug-likeness (QED) is 0.147. The number of nitro benzene ring substituents is 1. The topological polar surface area (TPSA) is 94.4 Å². The highest BCUT2D eigenvalue weighted by molar-refractivity contribution is 8.76. The summed E-state index contributed by atoms with van der Waals surface area (Å²) in [4.78, 5) is 28.6. The monoisotopic (exact) mass is 517 g/mol. The zero-order valence-corrected chi connectivity index (χ0v) is 21.2. The lowest BCUT2D eigenvalue weighted by molar-refractivity contribution is -0.384. The molecule has 0 bridgehead atoms. The third kappa shape index (κ3) is 5.68. The van der Waals surface area contributed by atoms with Crippen LogP contribution in [0.25, 0.3) is 0 Å². The molecule has 11 heteroatoms. The molecule has 1 amide bonds. The number of fused-ring (bicyclic) bond motifs is 2. The molecule has 0 N–H and O–H groups in total. The van der Waals surface area contributed by atoms with Gasteiger partial charge >= 0.3 is 0 Å². The number of hydrogen-bond donors (Lipinski definition) is 0. The van der Waals surface area contributed by atoms with Crippen molar-refractivity contribution in [1.29, 1.82) is 0 Å². The number of carbonyl (C=O) groups excluding carboxylic acids is 1. The minimum absolute atomic E-state index is 0.0371. The maximum absolute atomic E-state index is 13.4. The summed E-state index contributed by atoms with van der Waals surface area (Å²) in [5.74, 6) is 1.77. The van der Waals surface area contributed by atoms with Gasteiger partial charge in [-0.15, -0.1) is 0 Å². The highest BCUT2D eigenvalue weighted by Gasteiger charge is 2.38. The highest BCUT2D eigenvalue weighted by atomic mass is 33.1. The predicted octanol–water partition coefficient (Wildman–Crippen LogP) is 4.62. The van der Waals surface area contributed by atoms with Gasteiger partial charge in [0.05, 0.1) is 43.0 Å². The van der Waals surface area contributed by atoms with Crippen LogP contribution in [0.3, 0.4) is 0 Å². The zero-order valence-electron chi connectivity index (χ0n) is 19.6. The molecular weight excluding hydrogens is 490 g/mol. The Hall–Kier alpha value is -2.89. The number of amides is 1. The lowest BCUT2D eigenvalue weighted by Crippen LogP contribution is -2.40. The van der Waals surface area contributed by atoms with E-state index in [0.717, 1.165) is 28.3 Å². The van der Waals surface area contributed by atoms with Crippen molar-refractivity contribution in [3.05, 3.63) is 64.2 Å². The predicted molar refractivity (Wildman–Crippen MR) is 138 cm³/mol. The average Bonchev–Trinajstić information content (AvgIpc) is 3.19. The van der Waals surface area contributed by atoms with Gasteiger partial charge in [0.25, 0.3) is 11.6 Å². The Morgan fingerprint density at radius 3 is 2.57 bits per heavy atom. The Bertz CT molecular complexity index is 1110. The Labute approximate surface area is 211 Å². The van der Waals surface area contributed by atoms with E-state index in [1.54, 1.807) is 54.0 Å². The summed E-state index contributed by atoms with van der Waals surface area (Å²) in [7, 11) is 6.30. The molecule has 0 saturated carbocycles. The molecule has 0 aromatic heterocycles. The van der Waals surface area contributed by atoms with E-state index >= 15 is 0 Å². The van der Waals surface area contributed by atoms with Gasteiger partial charge in [-0.1, -0.05) is 33.7 Å². The van der Waals surface area contributed by atoms with E-state index in [9.17, 15) is 14.9 Å². The van der Waals surface area contributed by atoms with Gasteiger partial charge in [0.2, 0.25) is 0 Å². The summed E-state index contributed by atoms with van der Waals surface area (Å²) >= 11 is 0. The van der Waals surface area contributed by atoms with Crippen LogP contribution >= 0.6 is 21.6 Å². The summed E-state index contributed by atoms with van der Waals surface area (Å²) in [5.41, 5.74) is 2.46. The molecule has 0 aliphatic carbocycles. The highest BCUT2D eigenvalue weighted by Crippen LogP contribution is 2.40. The molecule has 186 valence electrons. The van der Waals surface area contributed by atoms with Crippen LogP contribution < -0.4 is 14.4 Å². The molecule has 1 saturated heterocycles. The smallest absolute Gasteiger partial charge is 0.269 e. The molecule has 1 atom stereocenters. The van der Waals surface area contributed by atoms with Crippen molar-refractivity contribution in [2.45, 2.75) is 17.4 Å². The van der Waals surface area contributed by atoms with Gasteiger partial charge in [-0.2, -0.15) is 0 Å². The normalized spacial score (nSPS) is 17.1. The maximum Gasteiger partial charge on any atom is 0.269 e. The van der Waals surface area contributed by atoms with Crippen molar-refractivity contribution in [2.24, 2.45) is 0 Å². The van der Waals surface area contributed by atoms with E-state index in [2.05, 4.69) is 11.5 Å². The minimum atomic E-state index is -0.406. The molecule has 2 aliphatic rings. The number of ether oxygens (including phenoxy) is 3. The Morgan fingerprint density at radius 2 is 1.89 bits per heavy atom. The third-order valence-electron chi connectivity index (χ3n) is 5.88. The summed E-state index contributed by atoms with van der Waals surface area (Å²) in [5, 5.41) is 10.8. The van der Waals surface area contributed by atoms with E-state index in [4.69, 9.17) is 14.2 Å². The molecule has 2 aromatic rings. The van der Waals surface area contributed by atoms with Crippen molar-refractivity contribution in [2.75, 3.05) is 51.3 Å². The molecule has 1 fully saturated rings. The second kappa shape index (κ2) is 11.2. The number of rotatable bonds is 10. The second-order valence-electron chi connectivity index (χ2n) is 8.18. The van der Waals surface area contributed by atoms with Crippen LogP contribution in [-0.4, -0.2) is 68.2 Å². The molecule has 2 aromatic carbocycles. The molecule has 0 radical (unpaired) electrons. The molecule has 0 unspecified atom stereocenters. The van der Waals surface area contributed by atoms with E-state index in [-0.39, 0.29) is 17.6 Å². The average molecular weight is 518 g/mol. The molecular formula is C24H27N3O6S2. The van der Waals surface area contributed by atoms with Crippen molar-refractivity contribution >= 4 is 38.9 Å². The summed E-state index contributed by atoms with van der Waals surface area (Å²) in [6.07, 6.45) is 0.770. The first-order chi connectivity index (χ1) is 16.9. The van der Waals surface area contributed by atoms with E-state index < -0.39 is 4.92 Å². The Kier molecular flexibility index (Phi) is 8.09. The molecule has 2 aliphatic heterocycles. The van der Waals surface area contributed by atoms with Gasteiger partial charge in [0.1, 0.15) is 6.73 Å². The van der Waals surface area contributed by atoms with Gasteiger partial charge in [-0.05, 0) is 24.6 Å². The minimum Gasteiger partial charge on any atom is -0.493 e. The van der Waals surface area contributed by atoms with Gasteiger partial charge in [-0.3, -0.25) is 14.9 Å². The van der Waals surface area contributed by atoms with Crippen molar-refractivity contribution in [3.8, 4) is 11.5 Å². The third-order valence-corrected chi connectivity index (χ3v) is 8.23. The zero-order chi connectivity index (χ0) is 24.9. The summed E-state index contributed by atoms with van der Waals surface area (Å²) in [6.45, 7) is 6.13. The first kappa shape index (κ1) is 25.2. The van der Waals surface area contributed by atoms with Crippen LogP contribution in [0.1, 0.15) is 16.8 Å². The fourth-order valence-corrected chi connectivity index (χ4v) is 6.06. The molecule has 0 spiro atoms. The lowest BCUT2D eigenvalue weighted by atomic mass is 10.1. The number of nitrogens with zero attached hydrogens (tertiary/aromatic N) is 3. The fraction of sp³-hybridized carbons (Fsp3) is 0.375. The number of carbonyl (C=O) groups is 1. The van der Waals surface area contributed by atoms with Crippen LogP contribution in [0.5, 0.6) is 11.5 Å². The number of non-ortho nitro benzene ring substituents is 1. The fourth-order valence-electron chi connectivity index (χ4n) is 4.21. The van der Waals surface area contributed by atoms with E-state index in [1.807, 2.05) is 11.0 Å². The molecule has 4 rings (SSSR count). The summed E-state index contributed by atoms with van der Waals surface area (Å²) in [6, 6.07) is 10.1. The van der Waals surface area contributed by atoms with Gasteiger partial charge in [0.15, 0.2) is 11.5 Å². The number of hydrogen-bond acceptors (Lipinski definition) is 9. The lowest BCUT2D eigenvalue weighted by Gasteiger charge is -2.27. The first-order valence-electron chi connectivity index (χ1n) is 11.0. The van der Waals surface area contributed by atoms with Gasteiger partial charge in [-0.25, -0.2) is 0 Å². The standard InChI is InChI=1S/C24H27N3O6S2/c1-16-10-18-14-25(15-33-8-9-34-35-19-6-4-17(5-7-19)27(29)30)21-12-23(32-3)22(31-2)11-20(21)24(28)26(18)13-16/h4-7,11-12,18H,1,8-10,13-15H2,2-3H3/t18-/m0/s1. The van der Waals surface area contributed by atoms with Gasteiger partial charge in [0, 0.05) is 41.9 Å². The SMILES string of the molecule is C=C1C[C@H]2CN(COCCSSc3ccc([N+](=O)[O-])cc3)c3cc(OC)c(OC)cc3C(=O)N2C1. The largest absolute Gasteiger partial charge is 0.493 e. The van der Waals surface area contributed by atoms with Crippen LogP contribution in [0.15, 0.2) is 53.4 Å². The van der Waals surface area contributed by atoms with Crippen molar-refractivity contribution in [3.63, 3.8) is 0 Å². The van der Waals surface area contributed by atoms with Crippen LogP contribution in [-0.2, 0) is 4.74 Å². The maximum atomic E-state index is 13.4. The van der Waals surface area contributed by atoms with Crippen LogP contribution in [0.4, 0.5) is 11.4 Å². The molecule has 35 heavy (non-hydrogen) atoms. The van der Waals surface area contributed by atoms with Crippen molar-refractivity contribution in [1.82, 2.24) is 4.90 Å². The summed E-state index contributed by atoms with van der Waals surface area (Å²) < 4.78 is 16.9. The van der Waals surface area contributed by atoms with E-state index in [0.29, 0.717) is 43.5 Å². The van der Waals surface area contributed by atoms with Crippen molar-refractivity contribution < 1.29 is 23.9 Å². The number of anilines is 1. The van der Waals surface area contributed by atoms with Gasteiger partial charge < -0.3 is 24.0 Å². The van der Waals surface area contributed by atoms with E-state index in [1.165, 1.54) is 12.1 Å². The number of nitro groups is 1. The Balaban J connectivity index is 1.39. The number of benzene rings is 2. The van der Waals surface area contributed by atoms with Crippen LogP contribution in [0.2, 0.25) is 0 Å².